The maximum atomic E-state index is 13.9. The number of aryl methyl sites for hydroxylation is 1. The topological polar surface area (TPSA) is 63.8 Å². The minimum absolute atomic E-state index is 0.0320. The van der Waals surface area contributed by atoms with Crippen LogP contribution < -0.4 is 19.6 Å². The molecule has 1 unspecified atom stereocenters. The van der Waals surface area contributed by atoms with Gasteiger partial charge in [-0.2, -0.15) is 0 Å². The van der Waals surface area contributed by atoms with Gasteiger partial charge in [-0.3, -0.25) is 9.36 Å². The number of allylic oxidation sites excluding steroid dienone is 1. The third-order valence-corrected chi connectivity index (χ3v) is 8.84. The second-order valence-corrected chi connectivity index (χ2v) is 11.5. The summed E-state index contributed by atoms with van der Waals surface area (Å²) >= 11 is 8.41. The molecule has 0 saturated carbocycles. The zero-order valence-electron chi connectivity index (χ0n) is 19.2. The Hall–Kier alpha value is -2.94. The number of aromatic nitrogens is 1. The van der Waals surface area contributed by atoms with E-state index in [4.69, 9.17) is 9.73 Å². The van der Waals surface area contributed by atoms with Gasteiger partial charge in [0.2, 0.25) is 0 Å². The number of thiazole rings is 1. The summed E-state index contributed by atoms with van der Waals surface area (Å²) in [7, 11) is 1.50. The summed E-state index contributed by atoms with van der Waals surface area (Å²) in [6.07, 6.45) is 3.59. The van der Waals surface area contributed by atoms with E-state index in [1.54, 1.807) is 12.1 Å². The molecule has 2 heterocycles. The minimum atomic E-state index is -0.224. The van der Waals surface area contributed by atoms with Crippen molar-refractivity contribution in [2.75, 3.05) is 7.11 Å². The SMILES string of the molecule is COc1cc(C=c2sc3n(c2=O)C(c2ccc(Br)cc2)C2=C(N=3)c3ccccc3CC2)c(Br)cc1O. The molecule has 180 valence electrons. The van der Waals surface area contributed by atoms with Crippen molar-refractivity contribution in [2.24, 2.45) is 4.99 Å². The highest BCUT2D eigenvalue weighted by molar-refractivity contribution is 9.10. The summed E-state index contributed by atoms with van der Waals surface area (Å²) in [4.78, 5) is 19.6. The summed E-state index contributed by atoms with van der Waals surface area (Å²) in [5, 5.41) is 10.1. The van der Waals surface area contributed by atoms with Gasteiger partial charge in [0.05, 0.1) is 23.4 Å². The predicted molar refractivity (Wildman–Crippen MR) is 149 cm³/mol. The number of benzene rings is 3. The highest BCUT2D eigenvalue weighted by Gasteiger charge is 2.32. The first-order valence-electron chi connectivity index (χ1n) is 11.4. The molecule has 8 heteroatoms. The number of hydrogen-bond acceptors (Lipinski definition) is 5. The van der Waals surface area contributed by atoms with Gasteiger partial charge in [0.15, 0.2) is 16.3 Å². The molecule has 0 radical (unpaired) electrons. The van der Waals surface area contributed by atoms with Crippen molar-refractivity contribution in [3.63, 3.8) is 0 Å². The molecular formula is C28H20Br2N2O3S. The minimum Gasteiger partial charge on any atom is -0.504 e. The fourth-order valence-electron chi connectivity index (χ4n) is 4.94. The quantitative estimate of drug-likeness (QED) is 0.325. The van der Waals surface area contributed by atoms with Gasteiger partial charge in [-0.05, 0) is 65.4 Å². The van der Waals surface area contributed by atoms with Gasteiger partial charge in [0, 0.05) is 14.5 Å². The molecule has 5 nitrogen and oxygen atoms in total. The van der Waals surface area contributed by atoms with Gasteiger partial charge in [-0.25, -0.2) is 4.99 Å². The fourth-order valence-corrected chi connectivity index (χ4v) is 6.64. The molecule has 0 bridgehead atoms. The Balaban J connectivity index is 1.61. The van der Waals surface area contributed by atoms with Crippen LogP contribution in [0.3, 0.4) is 0 Å². The summed E-state index contributed by atoms with van der Waals surface area (Å²) in [6.45, 7) is 0. The Bertz CT molecular complexity index is 1740. The third-order valence-electron chi connectivity index (χ3n) is 6.64. The molecule has 1 aromatic heterocycles. The second kappa shape index (κ2) is 9.18. The summed E-state index contributed by atoms with van der Waals surface area (Å²) in [5.41, 5.74) is 6.28. The zero-order chi connectivity index (χ0) is 25.0. The molecular weight excluding hydrogens is 604 g/mol. The van der Waals surface area contributed by atoms with Crippen molar-refractivity contribution in [3.8, 4) is 11.5 Å². The first-order valence-corrected chi connectivity index (χ1v) is 13.8. The van der Waals surface area contributed by atoms with Gasteiger partial charge in [-0.1, -0.05) is 79.6 Å². The van der Waals surface area contributed by atoms with Crippen LogP contribution >= 0.6 is 43.2 Å². The first kappa shape index (κ1) is 23.5. The number of ether oxygens (including phenoxy) is 1. The number of phenolic OH excluding ortho intramolecular Hbond substituents is 1. The average molecular weight is 624 g/mol. The smallest absolute Gasteiger partial charge is 0.271 e. The molecule has 6 rings (SSSR count). The Morgan fingerprint density at radius 1 is 1.11 bits per heavy atom. The molecule has 1 atom stereocenters. The molecule has 0 fully saturated rings. The zero-order valence-corrected chi connectivity index (χ0v) is 23.2. The van der Waals surface area contributed by atoms with E-state index in [-0.39, 0.29) is 17.4 Å². The van der Waals surface area contributed by atoms with E-state index in [1.165, 1.54) is 29.6 Å². The van der Waals surface area contributed by atoms with Gasteiger partial charge in [0.25, 0.3) is 5.56 Å². The highest BCUT2D eigenvalue weighted by Crippen LogP contribution is 2.41. The predicted octanol–water partition coefficient (Wildman–Crippen LogP) is 5.56. The Morgan fingerprint density at radius 2 is 1.89 bits per heavy atom. The number of halogens is 2. The van der Waals surface area contributed by atoms with E-state index in [1.807, 2.05) is 28.8 Å². The number of aromatic hydroxyl groups is 1. The van der Waals surface area contributed by atoms with E-state index in [0.29, 0.717) is 19.6 Å². The first-order chi connectivity index (χ1) is 17.4. The second-order valence-electron chi connectivity index (χ2n) is 8.71. The van der Waals surface area contributed by atoms with Gasteiger partial charge < -0.3 is 9.84 Å². The van der Waals surface area contributed by atoms with Crippen LogP contribution in [0.2, 0.25) is 0 Å². The van der Waals surface area contributed by atoms with Crippen molar-refractivity contribution < 1.29 is 9.84 Å². The van der Waals surface area contributed by atoms with Crippen LogP contribution in [0, 0.1) is 0 Å². The number of hydrogen-bond donors (Lipinski definition) is 1. The molecule has 36 heavy (non-hydrogen) atoms. The van der Waals surface area contributed by atoms with Crippen LogP contribution in [-0.4, -0.2) is 16.8 Å². The van der Waals surface area contributed by atoms with Crippen LogP contribution in [-0.2, 0) is 6.42 Å². The Labute approximate surface area is 228 Å². The number of nitrogens with zero attached hydrogens (tertiary/aromatic N) is 2. The lowest BCUT2D eigenvalue weighted by atomic mass is 9.83. The number of methoxy groups -OCH3 is 1. The third kappa shape index (κ3) is 3.88. The Kier molecular flexibility index (Phi) is 5.98. The molecule has 1 N–H and O–H groups in total. The molecule has 0 saturated heterocycles. The van der Waals surface area contributed by atoms with E-state index in [0.717, 1.165) is 39.7 Å². The molecule has 1 aliphatic carbocycles. The monoisotopic (exact) mass is 622 g/mol. The fraction of sp³-hybridized carbons (Fsp3) is 0.143. The summed E-state index contributed by atoms with van der Waals surface area (Å²) in [6, 6.07) is 19.6. The van der Waals surface area contributed by atoms with Crippen molar-refractivity contribution in [2.45, 2.75) is 18.9 Å². The molecule has 1 aliphatic heterocycles. The number of rotatable bonds is 3. The van der Waals surface area contributed by atoms with Gasteiger partial charge in [0.1, 0.15) is 0 Å². The van der Waals surface area contributed by atoms with Crippen molar-refractivity contribution in [3.05, 3.63) is 117 Å². The molecule has 2 aliphatic rings. The molecule has 0 amide bonds. The van der Waals surface area contributed by atoms with E-state index in [9.17, 15) is 9.90 Å². The standard InChI is InChI=1S/C28H20Br2N2O3S/c1-35-23-12-17(21(30)14-22(23)33)13-24-27(34)32-26(16-6-9-18(29)10-7-16)20-11-8-15-4-2-3-5-19(15)25(20)31-28(32)36-24/h2-7,9-10,12-14,26,33H,8,11H2,1H3. The maximum Gasteiger partial charge on any atom is 0.271 e. The van der Waals surface area contributed by atoms with E-state index in [2.05, 4.69) is 62.2 Å². The summed E-state index contributed by atoms with van der Waals surface area (Å²) < 4.78 is 9.33. The lowest BCUT2D eigenvalue weighted by Crippen LogP contribution is -2.38. The normalized spacial score (nSPS) is 16.8. The van der Waals surface area contributed by atoms with Crippen LogP contribution in [0.4, 0.5) is 0 Å². The number of phenols is 1. The van der Waals surface area contributed by atoms with Crippen molar-refractivity contribution >= 4 is 55.0 Å². The summed E-state index contributed by atoms with van der Waals surface area (Å²) in [5.74, 6) is 0.376. The van der Waals surface area contributed by atoms with Crippen LogP contribution in [0.25, 0.3) is 11.8 Å². The van der Waals surface area contributed by atoms with Crippen molar-refractivity contribution in [1.82, 2.24) is 4.57 Å². The van der Waals surface area contributed by atoms with Crippen LogP contribution in [0.1, 0.15) is 34.7 Å². The molecule has 3 aromatic carbocycles. The van der Waals surface area contributed by atoms with Crippen LogP contribution in [0.5, 0.6) is 11.5 Å². The van der Waals surface area contributed by atoms with Crippen LogP contribution in [0.15, 0.2) is 85.0 Å². The molecule has 0 spiro atoms. The lowest BCUT2D eigenvalue weighted by Gasteiger charge is -2.30. The molecule has 4 aromatic rings. The van der Waals surface area contributed by atoms with E-state index >= 15 is 0 Å². The number of fused-ring (bicyclic) bond motifs is 3. The van der Waals surface area contributed by atoms with Gasteiger partial charge in [-0.15, -0.1) is 0 Å². The Morgan fingerprint density at radius 3 is 2.67 bits per heavy atom. The van der Waals surface area contributed by atoms with Gasteiger partial charge >= 0.3 is 0 Å². The lowest BCUT2D eigenvalue weighted by molar-refractivity contribution is 0.373. The van der Waals surface area contributed by atoms with E-state index < -0.39 is 0 Å². The maximum absolute atomic E-state index is 13.9. The largest absolute Gasteiger partial charge is 0.504 e. The van der Waals surface area contributed by atoms with Crippen molar-refractivity contribution in [1.29, 1.82) is 0 Å². The highest BCUT2D eigenvalue weighted by atomic mass is 79.9. The average Bonchev–Trinajstić information content (AvgIpc) is 3.19.